The van der Waals surface area contributed by atoms with Gasteiger partial charge in [0, 0.05) is 11.1 Å². The van der Waals surface area contributed by atoms with Gasteiger partial charge >= 0.3 is 17.6 Å². The predicted molar refractivity (Wildman–Crippen MR) is 92.8 cm³/mol. The Morgan fingerprint density at radius 2 is 2.04 bits per heavy atom. The molecule has 2 aromatic rings. The highest BCUT2D eigenvalue weighted by molar-refractivity contribution is 5.95. The quantitative estimate of drug-likeness (QED) is 0.639. The summed E-state index contributed by atoms with van der Waals surface area (Å²) in [5.41, 5.74) is 0.328. The van der Waals surface area contributed by atoms with Gasteiger partial charge in [-0.3, -0.25) is 0 Å². The van der Waals surface area contributed by atoms with Crippen LogP contribution in [0.2, 0.25) is 0 Å². The van der Waals surface area contributed by atoms with Crippen molar-refractivity contribution in [1.29, 1.82) is 0 Å². The summed E-state index contributed by atoms with van der Waals surface area (Å²) in [4.78, 5) is 36.7. The molecule has 2 N–H and O–H groups in total. The van der Waals surface area contributed by atoms with E-state index in [0.717, 1.165) is 0 Å². The lowest BCUT2D eigenvalue weighted by atomic mass is 9.96. The van der Waals surface area contributed by atoms with Gasteiger partial charge in [-0.25, -0.2) is 14.4 Å². The number of hydrogen-bond donors (Lipinski definition) is 2. The summed E-state index contributed by atoms with van der Waals surface area (Å²) in [5, 5.41) is 5.71. The third-order valence-corrected chi connectivity index (χ3v) is 4.04. The second-order valence-corrected chi connectivity index (χ2v) is 5.68. The van der Waals surface area contributed by atoms with Crippen molar-refractivity contribution in [2.75, 3.05) is 13.7 Å². The Hall–Kier alpha value is -3.29. The van der Waals surface area contributed by atoms with Gasteiger partial charge < -0.3 is 24.5 Å². The highest BCUT2D eigenvalue weighted by Gasteiger charge is 2.34. The van der Waals surface area contributed by atoms with Gasteiger partial charge in [0.2, 0.25) is 0 Å². The Morgan fingerprint density at radius 1 is 1.27 bits per heavy atom. The third kappa shape index (κ3) is 3.13. The molecule has 0 fully saturated rings. The van der Waals surface area contributed by atoms with E-state index in [9.17, 15) is 14.4 Å². The van der Waals surface area contributed by atoms with E-state index < -0.39 is 23.7 Å². The van der Waals surface area contributed by atoms with Crippen LogP contribution in [-0.4, -0.2) is 25.7 Å². The van der Waals surface area contributed by atoms with Crippen molar-refractivity contribution in [1.82, 2.24) is 10.6 Å². The van der Waals surface area contributed by atoms with Crippen LogP contribution >= 0.6 is 0 Å². The zero-order chi connectivity index (χ0) is 18.8. The minimum atomic E-state index is -0.977. The summed E-state index contributed by atoms with van der Waals surface area (Å²) < 4.78 is 15.6. The van der Waals surface area contributed by atoms with Crippen molar-refractivity contribution in [3.63, 3.8) is 0 Å². The second kappa shape index (κ2) is 6.91. The number of esters is 1. The molecule has 26 heavy (non-hydrogen) atoms. The van der Waals surface area contributed by atoms with Crippen LogP contribution in [0.1, 0.15) is 25.5 Å². The largest absolute Gasteiger partial charge is 0.497 e. The summed E-state index contributed by atoms with van der Waals surface area (Å²) >= 11 is 0. The summed E-state index contributed by atoms with van der Waals surface area (Å²) in [7, 11) is 1.53. The van der Waals surface area contributed by atoms with Crippen molar-refractivity contribution in [2.24, 2.45) is 0 Å². The molecule has 1 aromatic heterocycles. The van der Waals surface area contributed by atoms with E-state index in [1.165, 1.54) is 7.11 Å². The van der Waals surface area contributed by atoms with E-state index in [0.29, 0.717) is 22.4 Å². The van der Waals surface area contributed by atoms with E-state index in [1.807, 2.05) is 0 Å². The van der Waals surface area contributed by atoms with Crippen LogP contribution in [0.25, 0.3) is 11.0 Å². The number of benzene rings is 1. The minimum absolute atomic E-state index is 0.128. The van der Waals surface area contributed by atoms with Crippen LogP contribution in [-0.2, 0) is 9.53 Å². The van der Waals surface area contributed by atoms with E-state index in [-0.39, 0.29) is 17.7 Å². The average Bonchev–Trinajstić information content (AvgIpc) is 2.60. The predicted octanol–water partition coefficient (Wildman–Crippen LogP) is 1.99. The van der Waals surface area contributed by atoms with Gasteiger partial charge in [-0.05, 0) is 38.1 Å². The van der Waals surface area contributed by atoms with Gasteiger partial charge in [-0.1, -0.05) is 0 Å². The zero-order valence-electron chi connectivity index (χ0n) is 14.5. The number of rotatable bonds is 4. The molecule has 0 aliphatic carbocycles. The highest BCUT2D eigenvalue weighted by atomic mass is 16.5. The number of allylic oxidation sites excluding steroid dienone is 1. The fourth-order valence-corrected chi connectivity index (χ4v) is 2.85. The molecule has 0 saturated carbocycles. The number of nitrogens with one attached hydrogen (secondary N) is 2. The smallest absolute Gasteiger partial charge is 0.341 e. The number of ether oxygens (including phenoxy) is 2. The molecule has 3 rings (SSSR count). The number of fused-ring (bicyclic) bond motifs is 1. The monoisotopic (exact) mass is 358 g/mol. The maximum absolute atomic E-state index is 12.5. The Labute approximate surface area is 148 Å². The number of methoxy groups -OCH3 is 1. The SMILES string of the molecule is CCOC(=O)C1=C(C)NC(=O)NC1c1cc2cc(OC)ccc2oc1=O. The van der Waals surface area contributed by atoms with Crippen molar-refractivity contribution < 1.29 is 23.5 Å². The first kappa shape index (κ1) is 17.5. The molecule has 1 aromatic carbocycles. The van der Waals surface area contributed by atoms with E-state index >= 15 is 0 Å². The fraction of sp³-hybridized carbons (Fsp3) is 0.278. The lowest BCUT2D eigenvalue weighted by Crippen LogP contribution is -2.46. The molecular formula is C18H18N2O6. The molecule has 2 amide bonds. The second-order valence-electron chi connectivity index (χ2n) is 5.68. The molecule has 0 bridgehead atoms. The minimum Gasteiger partial charge on any atom is -0.497 e. The Kier molecular flexibility index (Phi) is 4.66. The molecule has 1 atom stereocenters. The normalized spacial score (nSPS) is 16.9. The first-order chi connectivity index (χ1) is 12.4. The zero-order valence-corrected chi connectivity index (χ0v) is 14.5. The van der Waals surface area contributed by atoms with Crippen LogP contribution in [0.3, 0.4) is 0 Å². The molecule has 8 nitrogen and oxygen atoms in total. The molecule has 136 valence electrons. The summed E-state index contributed by atoms with van der Waals surface area (Å²) in [6.07, 6.45) is 0. The number of hydrogen-bond acceptors (Lipinski definition) is 6. The van der Waals surface area contributed by atoms with Gasteiger partial charge in [0.15, 0.2) is 0 Å². The molecule has 2 heterocycles. The van der Waals surface area contributed by atoms with Crippen molar-refractivity contribution in [3.05, 3.63) is 51.5 Å². The van der Waals surface area contributed by atoms with Crippen molar-refractivity contribution in [3.8, 4) is 5.75 Å². The molecule has 1 unspecified atom stereocenters. The van der Waals surface area contributed by atoms with Crippen LogP contribution in [0, 0.1) is 0 Å². The van der Waals surface area contributed by atoms with Crippen LogP contribution in [0.5, 0.6) is 5.75 Å². The topological polar surface area (TPSA) is 107 Å². The van der Waals surface area contributed by atoms with Crippen LogP contribution in [0.15, 0.2) is 44.7 Å². The van der Waals surface area contributed by atoms with Gasteiger partial charge in [0.05, 0.1) is 30.9 Å². The Morgan fingerprint density at radius 3 is 2.73 bits per heavy atom. The Bertz CT molecular complexity index is 975. The molecule has 8 heteroatoms. The fourth-order valence-electron chi connectivity index (χ4n) is 2.85. The molecule has 1 aliphatic rings. The van der Waals surface area contributed by atoms with Crippen LogP contribution < -0.4 is 21.0 Å². The first-order valence-corrected chi connectivity index (χ1v) is 8.01. The molecular weight excluding hydrogens is 340 g/mol. The number of carbonyl (C=O) groups is 2. The van der Waals surface area contributed by atoms with Crippen molar-refractivity contribution >= 4 is 23.0 Å². The summed E-state index contributed by atoms with van der Waals surface area (Å²) in [6, 6.07) is 5.07. The van der Waals surface area contributed by atoms with Gasteiger partial charge in [-0.15, -0.1) is 0 Å². The van der Waals surface area contributed by atoms with Crippen LogP contribution in [0.4, 0.5) is 4.79 Å². The number of amides is 2. The van der Waals surface area contributed by atoms with Crippen molar-refractivity contribution in [2.45, 2.75) is 19.9 Å². The number of carbonyl (C=O) groups excluding carboxylic acids is 2. The van der Waals surface area contributed by atoms with E-state index in [2.05, 4.69) is 10.6 Å². The van der Waals surface area contributed by atoms with Gasteiger partial charge in [0.1, 0.15) is 11.3 Å². The Balaban J connectivity index is 2.17. The maximum atomic E-state index is 12.5. The maximum Gasteiger partial charge on any atom is 0.341 e. The summed E-state index contributed by atoms with van der Waals surface area (Å²) in [5.74, 6) is -0.0309. The van der Waals surface area contributed by atoms with E-state index in [1.54, 1.807) is 38.1 Å². The summed E-state index contributed by atoms with van der Waals surface area (Å²) in [6.45, 7) is 3.41. The molecule has 0 radical (unpaired) electrons. The lowest BCUT2D eigenvalue weighted by molar-refractivity contribution is -0.139. The third-order valence-electron chi connectivity index (χ3n) is 4.04. The van der Waals surface area contributed by atoms with E-state index in [4.69, 9.17) is 13.9 Å². The molecule has 0 saturated heterocycles. The molecule has 1 aliphatic heterocycles. The highest BCUT2D eigenvalue weighted by Crippen LogP contribution is 2.28. The lowest BCUT2D eigenvalue weighted by Gasteiger charge is -2.27. The standard InChI is InChI=1S/C18H18N2O6/c1-4-25-17(22)14-9(2)19-18(23)20-15(14)12-8-10-7-11(24-3)5-6-13(10)26-16(12)21/h5-8,15H,4H2,1-3H3,(H2,19,20,23). The van der Waals surface area contributed by atoms with Gasteiger partial charge in [0.25, 0.3) is 0 Å². The first-order valence-electron chi connectivity index (χ1n) is 8.01. The molecule has 0 spiro atoms. The average molecular weight is 358 g/mol. The van der Waals surface area contributed by atoms with Gasteiger partial charge in [-0.2, -0.15) is 0 Å². The number of urea groups is 1.